The fraction of sp³-hybridized carbons (Fsp3) is 0.444. The molecule has 0 fully saturated rings. The molecule has 0 atom stereocenters. The van der Waals surface area contributed by atoms with E-state index < -0.39 is 17.2 Å². The molecule has 0 aliphatic heterocycles. The van der Waals surface area contributed by atoms with Gasteiger partial charge in [0.2, 0.25) is 0 Å². The number of amides is 1. The van der Waals surface area contributed by atoms with Crippen molar-refractivity contribution in [2.45, 2.75) is 47.1 Å². The Kier molecular flexibility index (Phi) is 5.72. The maximum Gasteiger partial charge on any atom is 0.330 e. The molecule has 1 amide bonds. The van der Waals surface area contributed by atoms with E-state index in [2.05, 4.69) is 9.97 Å². The SMILES string of the molecule is CCCCn1c(N)c(N(C)C(=O)c2[nH]c(C)c(C(C)=O)c2C)c(=O)[nH]c1=O. The highest BCUT2D eigenvalue weighted by Gasteiger charge is 2.26. The molecule has 0 radical (unpaired) electrons. The fourth-order valence-electron chi connectivity index (χ4n) is 3.20. The van der Waals surface area contributed by atoms with Crippen molar-refractivity contribution >= 4 is 23.2 Å². The molecule has 0 unspecified atom stereocenters. The highest BCUT2D eigenvalue weighted by atomic mass is 16.2. The lowest BCUT2D eigenvalue weighted by molar-refractivity contribution is 0.0987. The maximum absolute atomic E-state index is 13.0. The van der Waals surface area contributed by atoms with E-state index in [1.165, 1.54) is 18.5 Å². The average molecular weight is 375 g/mol. The second-order valence-electron chi connectivity index (χ2n) is 6.54. The molecule has 0 saturated heterocycles. The molecule has 0 aliphatic carbocycles. The Bertz CT molecular complexity index is 1010. The predicted octanol–water partition coefficient (Wildman–Crippen LogP) is 1.34. The fourth-order valence-corrected chi connectivity index (χ4v) is 3.20. The number of carbonyl (C=O) groups is 2. The number of aryl methyl sites for hydroxylation is 1. The lowest BCUT2D eigenvalue weighted by Crippen LogP contribution is -2.39. The number of nitrogens with zero attached hydrogens (tertiary/aromatic N) is 2. The van der Waals surface area contributed by atoms with Crippen molar-refractivity contribution in [3.63, 3.8) is 0 Å². The summed E-state index contributed by atoms with van der Waals surface area (Å²) in [6, 6.07) is 0. The zero-order chi connectivity index (χ0) is 20.5. The van der Waals surface area contributed by atoms with Gasteiger partial charge in [-0.2, -0.15) is 0 Å². The standard InChI is InChI=1S/C18H25N5O4/c1-6-7-8-23-15(19)14(16(25)21-18(23)27)22(5)17(26)13-9(2)12(11(4)24)10(3)20-13/h20H,6-8,19H2,1-5H3,(H,21,25,27). The van der Waals surface area contributed by atoms with Gasteiger partial charge in [0.15, 0.2) is 11.5 Å². The van der Waals surface area contributed by atoms with Gasteiger partial charge in [-0.1, -0.05) is 13.3 Å². The molecule has 0 aliphatic rings. The maximum atomic E-state index is 13.0. The lowest BCUT2D eigenvalue weighted by Gasteiger charge is -2.20. The number of carbonyl (C=O) groups excluding carboxylic acids is 2. The molecule has 27 heavy (non-hydrogen) atoms. The van der Waals surface area contributed by atoms with E-state index in [1.54, 1.807) is 13.8 Å². The minimum absolute atomic E-state index is 0.0687. The number of aromatic nitrogens is 3. The Labute approximate surface area is 156 Å². The van der Waals surface area contributed by atoms with Crippen LogP contribution in [-0.2, 0) is 6.54 Å². The van der Waals surface area contributed by atoms with Crippen LogP contribution in [0.5, 0.6) is 0 Å². The minimum atomic E-state index is -0.742. The van der Waals surface area contributed by atoms with E-state index in [-0.39, 0.29) is 23.0 Å². The van der Waals surface area contributed by atoms with Crippen molar-refractivity contribution in [1.82, 2.24) is 14.5 Å². The molecule has 0 saturated carbocycles. The van der Waals surface area contributed by atoms with Crippen molar-refractivity contribution in [3.05, 3.63) is 43.4 Å². The van der Waals surface area contributed by atoms with Gasteiger partial charge in [-0.3, -0.25) is 23.9 Å². The van der Waals surface area contributed by atoms with Crippen LogP contribution in [0.25, 0.3) is 0 Å². The predicted molar refractivity (Wildman–Crippen MR) is 104 cm³/mol. The molecule has 2 aromatic rings. The summed E-state index contributed by atoms with van der Waals surface area (Å²) in [6.45, 7) is 7.09. The Hall–Kier alpha value is -3.10. The molecule has 9 nitrogen and oxygen atoms in total. The zero-order valence-electron chi connectivity index (χ0n) is 16.2. The van der Waals surface area contributed by atoms with Crippen LogP contribution in [0.4, 0.5) is 11.5 Å². The van der Waals surface area contributed by atoms with E-state index in [1.807, 2.05) is 6.92 Å². The highest BCUT2D eigenvalue weighted by Crippen LogP contribution is 2.23. The first kappa shape index (κ1) is 20.2. The molecule has 2 rings (SSSR count). The lowest BCUT2D eigenvalue weighted by atomic mass is 10.1. The van der Waals surface area contributed by atoms with Gasteiger partial charge < -0.3 is 15.6 Å². The third kappa shape index (κ3) is 3.57. The Balaban J connectivity index is 2.55. The van der Waals surface area contributed by atoms with E-state index in [9.17, 15) is 19.2 Å². The number of Topliss-reactive ketones (excluding diaryl/α,β-unsaturated/α-hetero) is 1. The molecule has 4 N–H and O–H groups in total. The van der Waals surface area contributed by atoms with E-state index >= 15 is 0 Å². The van der Waals surface area contributed by atoms with Crippen LogP contribution in [0.3, 0.4) is 0 Å². The van der Waals surface area contributed by atoms with Gasteiger partial charge in [0.1, 0.15) is 11.5 Å². The smallest absolute Gasteiger partial charge is 0.330 e. The van der Waals surface area contributed by atoms with Gasteiger partial charge >= 0.3 is 5.69 Å². The van der Waals surface area contributed by atoms with Crippen molar-refractivity contribution in [1.29, 1.82) is 0 Å². The van der Waals surface area contributed by atoms with Gasteiger partial charge in [0.05, 0.1) is 0 Å². The number of unbranched alkanes of at least 4 members (excludes halogenated alkanes) is 1. The summed E-state index contributed by atoms with van der Waals surface area (Å²) in [6.07, 6.45) is 1.54. The number of nitrogens with two attached hydrogens (primary N) is 1. The summed E-state index contributed by atoms with van der Waals surface area (Å²) in [5.74, 6) is -0.754. The molecule has 0 bridgehead atoms. The first-order valence-corrected chi connectivity index (χ1v) is 8.72. The Morgan fingerprint density at radius 1 is 1.19 bits per heavy atom. The number of anilines is 2. The van der Waals surface area contributed by atoms with E-state index in [0.29, 0.717) is 29.8 Å². The summed E-state index contributed by atoms with van der Waals surface area (Å²) < 4.78 is 1.25. The molecule has 146 valence electrons. The summed E-state index contributed by atoms with van der Waals surface area (Å²) in [5.41, 5.74) is 6.32. The number of nitrogens with one attached hydrogen (secondary N) is 2. The molecular weight excluding hydrogens is 350 g/mol. The number of ketones is 1. The van der Waals surface area contributed by atoms with Crippen LogP contribution in [-0.4, -0.2) is 33.3 Å². The monoisotopic (exact) mass is 375 g/mol. The van der Waals surface area contributed by atoms with Crippen molar-refractivity contribution in [2.75, 3.05) is 17.7 Å². The number of rotatable bonds is 6. The van der Waals surface area contributed by atoms with Gasteiger partial charge in [-0.15, -0.1) is 0 Å². The van der Waals surface area contributed by atoms with E-state index in [4.69, 9.17) is 5.73 Å². The summed E-state index contributed by atoms with van der Waals surface area (Å²) in [7, 11) is 1.40. The molecule has 2 heterocycles. The summed E-state index contributed by atoms with van der Waals surface area (Å²) in [4.78, 5) is 55.3. The number of hydrogen-bond acceptors (Lipinski definition) is 5. The van der Waals surface area contributed by atoms with Gasteiger partial charge in [0, 0.05) is 24.8 Å². The van der Waals surface area contributed by atoms with Gasteiger partial charge in [-0.05, 0) is 32.8 Å². The van der Waals surface area contributed by atoms with Crippen LogP contribution < -0.4 is 21.9 Å². The highest BCUT2D eigenvalue weighted by molar-refractivity contribution is 6.09. The second-order valence-corrected chi connectivity index (χ2v) is 6.54. The first-order chi connectivity index (χ1) is 12.6. The normalized spacial score (nSPS) is 10.9. The third-order valence-corrected chi connectivity index (χ3v) is 4.59. The Morgan fingerprint density at radius 3 is 2.33 bits per heavy atom. The van der Waals surface area contributed by atoms with Crippen molar-refractivity contribution in [3.8, 4) is 0 Å². The van der Waals surface area contributed by atoms with Crippen molar-refractivity contribution in [2.24, 2.45) is 0 Å². The third-order valence-electron chi connectivity index (χ3n) is 4.59. The zero-order valence-corrected chi connectivity index (χ0v) is 16.2. The van der Waals surface area contributed by atoms with Crippen LogP contribution in [0.15, 0.2) is 9.59 Å². The second kappa shape index (κ2) is 7.65. The number of nitrogen functional groups attached to an aromatic ring is 1. The Morgan fingerprint density at radius 2 is 1.81 bits per heavy atom. The molecule has 0 aromatic carbocycles. The molecular formula is C18H25N5O4. The first-order valence-electron chi connectivity index (χ1n) is 8.72. The molecule has 0 spiro atoms. The molecule has 2 aromatic heterocycles. The minimum Gasteiger partial charge on any atom is -0.383 e. The summed E-state index contributed by atoms with van der Waals surface area (Å²) in [5, 5.41) is 0. The van der Waals surface area contributed by atoms with Crippen LogP contribution >= 0.6 is 0 Å². The number of aromatic amines is 2. The van der Waals surface area contributed by atoms with Crippen LogP contribution in [0, 0.1) is 13.8 Å². The quantitative estimate of drug-likeness (QED) is 0.655. The molecule has 9 heteroatoms. The van der Waals surface area contributed by atoms with Crippen molar-refractivity contribution < 1.29 is 9.59 Å². The largest absolute Gasteiger partial charge is 0.383 e. The number of H-pyrrole nitrogens is 2. The number of hydrogen-bond donors (Lipinski definition) is 3. The van der Waals surface area contributed by atoms with Gasteiger partial charge in [-0.25, -0.2) is 4.79 Å². The topological polar surface area (TPSA) is 134 Å². The van der Waals surface area contributed by atoms with Crippen LogP contribution in [0.1, 0.15) is 58.8 Å². The van der Waals surface area contributed by atoms with Gasteiger partial charge in [0.25, 0.3) is 11.5 Å². The summed E-state index contributed by atoms with van der Waals surface area (Å²) >= 11 is 0. The van der Waals surface area contributed by atoms with E-state index in [0.717, 1.165) is 11.3 Å². The van der Waals surface area contributed by atoms with Crippen LogP contribution in [0.2, 0.25) is 0 Å². The average Bonchev–Trinajstić information content (AvgIpc) is 2.88.